The highest BCUT2D eigenvalue weighted by molar-refractivity contribution is 7.21. The lowest BCUT2D eigenvalue weighted by Crippen LogP contribution is -2.18. The minimum absolute atomic E-state index is 0.106. The lowest BCUT2D eigenvalue weighted by atomic mass is 10.1. The van der Waals surface area contributed by atoms with Crippen LogP contribution < -0.4 is 29.7 Å². The molecule has 0 bridgehead atoms. The van der Waals surface area contributed by atoms with Crippen molar-refractivity contribution >= 4 is 68.4 Å². The van der Waals surface area contributed by atoms with Crippen LogP contribution in [0.15, 0.2) is 84.0 Å². The predicted octanol–water partition coefficient (Wildman–Crippen LogP) is 6.72. The summed E-state index contributed by atoms with van der Waals surface area (Å²) in [7, 11) is 4.32. The quantitative estimate of drug-likeness (QED) is 0.0503. The molecule has 0 saturated carbocycles. The molecule has 0 unspecified atom stereocenters. The number of hydrogen-bond donors (Lipinski definition) is 2. The number of hydrogen-bond acceptors (Lipinski definition) is 11. The number of ether oxygens (including phenoxy) is 4. The van der Waals surface area contributed by atoms with Crippen molar-refractivity contribution < 1.29 is 38.3 Å². The van der Waals surface area contributed by atoms with E-state index in [0.717, 1.165) is 11.3 Å². The van der Waals surface area contributed by atoms with Crippen molar-refractivity contribution in [2.24, 2.45) is 5.10 Å². The zero-order chi connectivity index (χ0) is 34.4. The van der Waals surface area contributed by atoms with Crippen LogP contribution in [-0.2, 0) is 0 Å². The molecule has 0 saturated heterocycles. The zero-order valence-corrected chi connectivity index (χ0v) is 27.0. The van der Waals surface area contributed by atoms with Gasteiger partial charge >= 0.3 is 5.97 Å². The number of hydrazone groups is 1. The first-order chi connectivity index (χ1) is 23.1. The lowest BCUT2D eigenvalue weighted by Gasteiger charge is -2.14. The lowest BCUT2D eigenvalue weighted by molar-refractivity contribution is -0.384. The Hall–Kier alpha value is -5.99. The summed E-state index contributed by atoms with van der Waals surface area (Å²) in [5.41, 5.74) is 3.51. The number of benzene rings is 4. The van der Waals surface area contributed by atoms with Gasteiger partial charge in [0.15, 0.2) is 11.5 Å². The van der Waals surface area contributed by atoms with E-state index in [2.05, 4.69) is 15.8 Å². The SMILES string of the molecule is COc1cc(C(=O)Oc2ccccc2/C=N\NC(=O)c2ccc(NC(=O)c3sc4cc([N+](=O)[O-])ccc4c3Cl)cc2)cc(OC)c1OC. The van der Waals surface area contributed by atoms with Gasteiger partial charge in [-0.15, -0.1) is 11.3 Å². The number of nitrogens with one attached hydrogen (secondary N) is 2. The number of nitro benzene ring substituents is 1. The first-order valence-corrected chi connectivity index (χ1v) is 15.1. The summed E-state index contributed by atoms with van der Waals surface area (Å²) in [6, 6.07) is 19.8. The second kappa shape index (κ2) is 14.6. The minimum atomic E-state index is -0.690. The molecule has 15 heteroatoms. The van der Waals surface area contributed by atoms with Crippen LogP contribution in [0.3, 0.4) is 0 Å². The maximum atomic E-state index is 13.0. The number of amides is 2. The van der Waals surface area contributed by atoms with Crippen LogP contribution >= 0.6 is 22.9 Å². The van der Waals surface area contributed by atoms with Gasteiger partial charge in [0.25, 0.3) is 17.5 Å². The van der Waals surface area contributed by atoms with Gasteiger partial charge in [-0.05, 0) is 54.6 Å². The Labute approximate surface area is 281 Å². The molecule has 0 atom stereocenters. The van der Waals surface area contributed by atoms with Gasteiger partial charge in [-0.3, -0.25) is 19.7 Å². The number of fused-ring (bicyclic) bond motifs is 1. The Morgan fingerprint density at radius 1 is 0.854 bits per heavy atom. The van der Waals surface area contributed by atoms with Crippen molar-refractivity contribution in [3.05, 3.63) is 116 Å². The van der Waals surface area contributed by atoms with E-state index in [4.69, 9.17) is 30.5 Å². The van der Waals surface area contributed by atoms with E-state index in [0.29, 0.717) is 27.1 Å². The number of carbonyl (C=O) groups is 3. The van der Waals surface area contributed by atoms with Crippen LogP contribution in [0.4, 0.5) is 11.4 Å². The molecule has 2 N–H and O–H groups in total. The van der Waals surface area contributed by atoms with Gasteiger partial charge in [0.2, 0.25) is 5.75 Å². The smallest absolute Gasteiger partial charge is 0.343 e. The molecule has 244 valence electrons. The Balaban J connectivity index is 1.22. The van der Waals surface area contributed by atoms with Crippen LogP contribution in [-0.4, -0.2) is 50.3 Å². The Morgan fingerprint density at radius 3 is 2.19 bits per heavy atom. The highest BCUT2D eigenvalue weighted by atomic mass is 35.5. The largest absolute Gasteiger partial charge is 0.493 e. The number of methoxy groups -OCH3 is 3. The van der Waals surface area contributed by atoms with Gasteiger partial charge < -0.3 is 24.3 Å². The number of nitrogens with zero attached hydrogens (tertiary/aromatic N) is 2. The standard InChI is InChI=1S/C33H25ClN4O9S/c1-44-25-14-20(15-26(45-2)29(25)46-3)33(41)47-24-7-5-4-6-19(24)17-35-37-31(39)18-8-10-21(11-9-18)36-32(40)30-28(34)23-13-12-22(38(42)43)16-27(23)48-30/h4-17H,1-3H3,(H,36,40)(H,37,39)/b35-17-. The molecule has 0 spiro atoms. The van der Waals surface area contributed by atoms with E-state index in [1.54, 1.807) is 24.3 Å². The molecular formula is C33H25ClN4O9S. The summed E-state index contributed by atoms with van der Waals surface area (Å²) in [5, 5.41) is 18.5. The summed E-state index contributed by atoms with van der Waals surface area (Å²) in [6.45, 7) is 0. The predicted molar refractivity (Wildman–Crippen MR) is 180 cm³/mol. The van der Waals surface area contributed by atoms with Crippen LogP contribution in [0.25, 0.3) is 10.1 Å². The molecule has 5 aromatic rings. The average molecular weight is 689 g/mol. The fraction of sp³-hybridized carbons (Fsp3) is 0.0909. The van der Waals surface area contributed by atoms with E-state index in [1.165, 1.54) is 82.1 Å². The molecule has 0 radical (unpaired) electrons. The van der Waals surface area contributed by atoms with Gasteiger partial charge in [0, 0.05) is 39.0 Å². The first-order valence-electron chi connectivity index (χ1n) is 13.9. The van der Waals surface area contributed by atoms with Gasteiger partial charge in [-0.25, -0.2) is 10.2 Å². The van der Waals surface area contributed by atoms with Crippen LogP contribution in [0.5, 0.6) is 23.0 Å². The third-order valence-electron chi connectivity index (χ3n) is 6.83. The number of rotatable bonds is 11. The number of anilines is 1. The van der Waals surface area contributed by atoms with E-state index in [-0.39, 0.29) is 44.0 Å². The van der Waals surface area contributed by atoms with E-state index < -0.39 is 22.7 Å². The topological polar surface area (TPSA) is 168 Å². The maximum absolute atomic E-state index is 13.0. The van der Waals surface area contributed by atoms with Crippen molar-refractivity contribution in [3.63, 3.8) is 0 Å². The van der Waals surface area contributed by atoms with E-state index >= 15 is 0 Å². The molecule has 1 heterocycles. The summed E-state index contributed by atoms with van der Waals surface area (Å²) in [4.78, 5) is 49.4. The third-order valence-corrected chi connectivity index (χ3v) is 8.48. The molecule has 48 heavy (non-hydrogen) atoms. The molecule has 5 rings (SSSR count). The van der Waals surface area contributed by atoms with Crippen LogP contribution in [0.1, 0.15) is 36.0 Å². The highest BCUT2D eigenvalue weighted by Crippen LogP contribution is 2.39. The van der Waals surface area contributed by atoms with Crippen molar-refractivity contribution in [1.82, 2.24) is 5.43 Å². The van der Waals surface area contributed by atoms with Gasteiger partial charge in [-0.2, -0.15) is 5.10 Å². The summed E-state index contributed by atoms with van der Waals surface area (Å²) in [6.07, 6.45) is 1.33. The molecule has 0 aliphatic carbocycles. The number of para-hydroxylation sites is 1. The zero-order valence-electron chi connectivity index (χ0n) is 25.4. The van der Waals surface area contributed by atoms with Crippen LogP contribution in [0, 0.1) is 10.1 Å². The second-order valence-corrected chi connectivity index (χ2v) is 11.2. The number of esters is 1. The fourth-order valence-electron chi connectivity index (χ4n) is 4.47. The number of carbonyl (C=O) groups excluding carboxylic acids is 3. The van der Waals surface area contributed by atoms with E-state index in [1.807, 2.05) is 0 Å². The average Bonchev–Trinajstić information content (AvgIpc) is 3.43. The maximum Gasteiger partial charge on any atom is 0.343 e. The molecule has 13 nitrogen and oxygen atoms in total. The van der Waals surface area contributed by atoms with Gasteiger partial charge in [-0.1, -0.05) is 23.7 Å². The first kappa shape index (κ1) is 33.4. The second-order valence-electron chi connectivity index (χ2n) is 9.75. The normalized spacial score (nSPS) is 10.8. The Kier molecular flexibility index (Phi) is 10.2. The molecule has 0 fully saturated rings. The molecular weight excluding hydrogens is 664 g/mol. The van der Waals surface area contributed by atoms with Crippen molar-refractivity contribution in [1.29, 1.82) is 0 Å². The number of thiophene rings is 1. The minimum Gasteiger partial charge on any atom is -0.493 e. The van der Waals surface area contributed by atoms with Gasteiger partial charge in [0.1, 0.15) is 10.6 Å². The number of halogens is 1. The van der Waals surface area contributed by atoms with Crippen molar-refractivity contribution in [2.45, 2.75) is 0 Å². The van der Waals surface area contributed by atoms with Crippen molar-refractivity contribution in [2.75, 3.05) is 26.6 Å². The third kappa shape index (κ3) is 7.19. The Morgan fingerprint density at radius 2 is 1.54 bits per heavy atom. The Bertz CT molecular complexity index is 2050. The highest BCUT2D eigenvalue weighted by Gasteiger charge is 2.21. The summed E-state index contributed by atoms with van der Waals surface area (Å²) < 4.78 is 22.0. The monoisotopic (exact) mass is 688 g/mol. The number of non-ortho nitro benzene ring substituents is 1. The molecule has 1 aromatic heterocycles. The van der Waals surface area contributed by atoms with Crippen LogP contribution in [0.2, 0.25) is 5.02 Å². The molecule has 0 aliphatic rings. The molecule has 2 amide bonds. The van der Waals surface area contributed by atoms with E-state index in [9.17, 15) is 24.5 Å². The summed E-state index contributed by atoms with van der Waals surface area (Å²) >= 11 is 7.41. The van der Waals surface area contributed by atoms with Crippen molar-refractivity contribution in [3.8, 4) is 23.0 Å². The van der Waals surface area contributed by atoms with Gasteiger partial charge in [0.05, 0.1) is 43.1 Å². The fourth-order valence-corrected chi connectivity index (χ4v) is 5.91. The number of nitro groups is 1. The summed E-state index contributed by atoms with van der Waals surface area (Å²) in [5.74, 6) is -0.649. The molecule has 0 aliphatic heterocycles. The molecule has 4 aromatic carbocycles.